The molecule has 0 unspecified atom stereocenters. The highest BCUT2D eigenvalue weighted by Gasteiger charge is 2.30. The standard InChI is InChI=1S/C17H18N4O2S/c1-11-19-14(9-24-11)16-7-12(8-23-16)17(22)20-13-3-2-4-15(13)21-6-5-18-10-21/h5-10,13,15H,2-4H2,1H3,(H,20,22)/t13-,15-/m1/s1. The van der Waals surface area contributed by atoms with Crippen LogP contribution in [0.1, 0.15) is 40.7 Å². The Balaban J connectivity index is 1.47. The van der Waals surface area contributed by atoms with Gasteiger partial charge in [-0.25, -0.2) is 9.97 Å². The molecule has 2 atom stereocenters. The lowest BCUT2D eigenvalue weighted by Crippen LogP contribution is -2.37. The van der Waals surface area contributed by atoms with E-state index in [2.05, 4.69) is 19.9 Å². The van der Waals surface area contributed by atoms with Gasteiger partial charge in [-0.15, -0.1) is 11.3 Å². The van der Waals surface area contributed by atoms with Crippen LogP contribution in [0, 0.1) is 6.92 Å². The normalized spacial score (nSPS) is 20.4. The number of thiazole rings is 1. The molecule has 0 spiro atoms. The number of hydrogen-bond donors (Lipinski definition) is 1. The Morgan fingerprint density at radius 2 is 2.38 bits per heavy atom. The summed E-state index contributed by atoms with van der Waals surface area (Å²) in [7, 11) is 0. The third kappa shape index (κ3) is 2.87. The van der Waals surface area contributed by atoms with Crippen LogP contribution < -0.4 is 5.32 Å². The molecule has 0 aromatic carbocycles. The van der Waals surface area contributed by atoms with Crippen molar-refractivity contribution in [1.29, 1.82) is 0 Å². The minimum atomic E-state index is -0.103. The fourth-order valence-corrected chi connectivity index (χ4v) is 3.85. The molecule has 24 heavy (non-hydrogen) atoms. The third-order valence-corrected chi connectivity index (χ3v) is 5.21. The second-order valence-electron chi connectivity index (χ2n) is 6.04. The summed E-state index contributed by atoms with van der Waals surface area (Å²) < 4.78 is 7.60. The highest BCUT2D eigenvalue weighted by molar-refractivity contribution is 7.09. The summed E-state index contributed by atoms with van der Waals surface area (Å²) in [4.78, 5) is 21.0. The fraction of sp³-hybridized carbons (Fsp3) is 0.353. The first-order valence-corrected chi connectivity index (χ1v) is 8.88. The van der Waals surface area contributed by atoms with Gasteiger partial charge in [-0.3, -0.25) is 4.79 Å². The first-order chi connectivity index (χ1) is 11.7. The smallest absolute Gasteiger partial charge is 0.254 e. The van der Waals surface area contributed by atoms with Crippen molar-refractivity contribution < 1.29 is 9.21 Å². The van der Waals surface area contributed by atoms with Gasteiger partial charge in [-0.2, -0.15) is 0 Å². The van der Waals surface area contributed by atoms with Crippen LogP contribution in [0.3, 0.4) is 0 Å². The molecule has 0 aliphatic heterocycles. The molecule has 3 aromatic rings. The molecule has 1 amide bonds. The Bertz CT molecular complexity index is 837. The van der Waals surface area contributed by atoms with E-state index in [1.165, 1.54) is 6.26 Å². The van der Waals surface area contributed by atoms with E-state index in [0.717, 1.165) is 30.0 Å². The van der Waals surface area contributed by atoms with E-state index in [4.69, 9.17) is 4.42 Å². The number of nitrogens with one attached hydrogen (secondary N) is 1. The number of imidazole rings is 1. The van der Waals surface area contributed by atoms with E-state index in [9.17, 15) is 4.79 Å². The summed E-state index contributed by atoms with van der Waals surface area (Å²) in [5.74, 6) is 0.524. The van der Waals surface area contributed by atoms with Gasteiger partial charge in [-0.05, 0) is 32.3 Å². The molecule has 7 heteroatoms. The van der Waals surface area contributed by atoms with E-state index in [1.54, 1.807) is 23.6 Å². The highest BCUT2D eigenvalue weighted by Crippen LogP contribution is 2.30. The van der Waals surface area contributed by atoms with Crippen LogP contribution >= 0.6 is 11.3 Å². The number of carbonyl (C=O) groups is 1. The lowest BCUT2D eigenvalue weighted by atomic mass is 10.1. The van der Waals surface area contributed by atoms with E-state index >= 15 is 0 Å². The zero-order chi connectivity index (χ0) is 16.5. The van der Waals surface area contributed by atoms with Gasteiger partial charge in [0.25, 0.3) is 5.91 Å². The number of rotatable bonds is 4. The third-order valence-electron chi connectivity index (χ3n) is 4.44. The Morgan fingerprint density at radius 1 is 1.46 bits per heavy atom. The van der Waals surface area contributed by atoms with Crippen molar-refractivity contribution in [3.63, 3.8) is 0 Å². The quantitative estimate of drug-likeness (QED) is 0.788. The van der Waals surface area contributed by atoms with Crippen molar-refractivity contribution in [2.75, 3.05) is 0 Å². The molecule has 3 heterocycles. The predicted octanol–water partition coefficient (Wildman–Crippen LogP) is 3.43. The molecule has 0 saturated heterocycles. The van der Waals surface area contributed by atoms with Crippen LogP contribution in [0.5, 0.6) is 0 Å². The first-order valence-electron chi connectivity index (χ1n) is 8.00. The lowest BCUT2D eigenvalue weighted by Gasteiger charge is -2.21. The fourth-order valence-electron chi connectivity index (χ4n) is 3.25. The molecule has 1 aliphatic carbocycles. The van der Waals surface area contributed by atoms with Crippen LogP contribution in [0.4, 0.5) is 0 Å². The molecular weight excluding hydrogens is 324 g/mol. The Morgan fingerprint density at radius 3 is 3.12 bits per heavy atom. The lowest BCUT2D eigenvalue weighted by molar-refractivity contribution is 0.0928. The SMILES string of the molecule is Cc1nc(-c2cc(C(=O)N[C@@H]3CCC[C@H]3n3ccnc3)co2)cs1. The maximum absolute atomic E-state index is 12.6. The van der Waals surface area contributed by atoms with Gasteiger partial charge in [0.15, 0.2) is 5.76 Å². The molecule has 3 aromatic heterocycles. The van der Waals surface area contributed by atoms with Gasteiger partial charge in [0, 0.05) is 23.8 Å². The molecule has 6 nitrogen and oxygen atoms in total. The minimum absolute atomic E-state index is 0.103. The predicted molar refractivity (Wildman–Crippen MR) is 90.9 cm³/mol. The molecule has 1 saturated carbocycles. The molecule has 0 radical (unpaired) electrons. The summed E-state index contributed by atoms with van der Waals surface area (Å²) >= 11 is 1.56. The van der Waals surface area contributed by atoms with Crippen molar-refractivity contribution in [1.82, 2.24) is 19.9 Å². The Labute approximate surface area is 143 Å². The van der Waals surface area contributed by atoms with Crippen LogP contribution in [-0.2, 0) is 0 Å². The van der Waals surface area contributed by atoms with Crippen molar-refractivity contribution in [2.45, 2.75) is 38.3 Å². The van der Waals surface area contributed by atoms with Crippen LogP contribution in [-0.4, -0.2) is 26.5 Å². The maximum atomic E-state index is 12.6. The van der Waals surface area contributed by atoms with E-state index in [-0.39, 0.29) is 18.0 Å². The molecule has 1 fully saturated rings. The van der Waals surface area contributed by atoms with Crippen molar-refractivity contribution in [3.8, 4) is 11.5 Å². The second-order valence-corrected chi connectivity index (χ2v) is 7.10. The van der Waals surface area contributed by atoms with E-state index in [0.29, 0.717) is 11.3 Å². The molecule has 0 bridgehead atoms. The van der Waals surface area contributed by atoms with Crippen molar-refractivity contribution in [3.05, 3.63) is 47.0 Å². The van der Waals surface area contributed by atoms with Crippen LogP contribution in [0.25, 0.3) is 11.5 Å². The van der Waals surface area contributed by atoms with Crippen molar-refractivity contribution >= 4 is 17.2 Å². The number of furan rings is 1. The second kappa shape index (κ2) is 6.24. The highest BCUT2D eigenvalue weighted by atomic mass is 32.1. The molecule has 4 rings (SSSR count). The zero-order valence-corrected chi connectivity index (χ0v) is 14.1. The largest absolute Gasteiger partial charge is 0.462 e. The molecule has 1 N–H and O–H groups in total. The van der Waals surface area contributed by atoms with Gasteiger partial charge < -0.3 is 14.3 Å². The number of carbonyl (C=O) groups excluding carboxylic acids is 1. The Kier molecular flexibility index (Phi) is 3.93. The van der Waals surface area contributed by atoms with Crippen LogP contribution in [0.15, 0.2) is 40.8 Å². The maximum Gasteiger partial charge on any atom is 0.254 e. The van der Waals surface area contributed by atoms with Crippen molar-refractivity contribution in [2.24, 2.45) is 0 Å². The summed E-state index contributed by atoms with van der Waals surface area (Å²) in [6.07, 6.45) is 10.2. The van der Waals surface area contributed by atoms with Gasteiger partial charge in [-0.1, -0.05) is 0 Å². The first kappa shape index (κ1) is 15.1. The number of aromatic nitrogens is 3. The average molecular weight is 342 g/mol. The molecule has 1 aliphatic rings. The van der Waals surface area contributed by atoms with Gasteiger partial charge in [0.2, 0.25) is 0 Å². The molecular formula is C17H18N4O2S. The van der Waals surface area contributed by atoms with E-state index < -0.39 is 0 Å². The summed E-state index contributed by atoms with van der Waals surface area (Å²) in [6.45, 7) is 1.95. The van der Waals surface area contributed by atoms with Crippen LogP contribution in [0.2, 0.25) is 0 Å². The van der Waals surface area contributed by atoms with E-state index in [1.807, 2.05) is 24.8 Å². The van der Waals surface area contributed by atoms with Gasteiger partial charge >= 0.3 is 0 Å². The topological polar surface area (TPSA) is 73.0 Å². The summed E-state index contributed by atoms with van der Waals surface area (Å²) in [5, 5.41) is 6.04. The summed E-state index contributed by atoms with van der Waals surface area (Å²) in [5.41, 5.74) is 1.31. The average Bonchev–Trinajstić information content (AvgIpc) is 3.34. The number of amides is 1. The minimum Gasteiger partial charge on any atom is -0.462 e. The zero-order valence-electron chi connectivity index (χ0n) is 13.3. The van der Waals surface area contributed by atoms with Gasteiger partial charge in [0.05, 0.1) is 22.9 Å². The number of aryl methyl sites for hydroxylation is 1. The number of nitrogens with zero attached hydrogens (tertiary/aromatic N) is 3. The Hall–Kier alpha value is -2.41. The summed E-state index contributed by atoms with van der Waals surface area (Å²) in [6, 6.07) is 2.14. The van der Waals surface area contributed by atoms with Gasteiger partial charge in [0.1, 0.15) is 12.0 Å². The number of hydrogen-bond acceptors (Lipinski definition) is 5. The monoisotopic (exact) mass is 342 g/mol. The molecule has 124 valence electrons.